The van der Waals surface area contributed by atoms with Gasteiger partial charge in [-0.05, 0) is 31.1 Å². The molecule has 1 heterocycles. The lowest BCUT2D eigenvalue weighted by molar-refractivity contribution is -0.129. The maximum absolute atomic E-state index is 11.8. The number of rotatable bonds is 7. The normalized spacial score (nSPS) is 22.6. The number of hydrogen-bond donors (Lipinski definition) is 2. The molecular weight excluding hydrogens is 431 g/mol. The monoisotopic (exact) mass is 466 g/mol. The zero-order valence-electron chi connectivity index (χ0n) is 16.0. The number of amides is 1. The molecule has 146 valence electrons. The Labute approximate surface area is 169 Å². The van der Waals surface area contributed by atoms with Gasteiger partial charge in [0.25, 0.3) is 0 Å². The zero-order valence-corrected chi connectivity index (χ0v) is 18.3. The van der Waals surface area contributed by atoms with Gasteiger partial charge in [0.2, 0.25) is 5.91 Å². The summed E-state index contributed by atoms with van der Waals surface area (Å²) in [5.74, 6) is 1.10. The van der Waals surface area contributed by atoms with Gasteiger partial charge in [-0.15, -0.1) is 24.0 Å². The van der Waals surface area contributed by atoms with Crippen LogP contribution in [0.3, 0.4) is 0 Å². The van der Waals surface area contributed by atoms with E-state index in [1.165, 1.54) is 25.7 Å². The Morgan fingerprint density at radius 3 is 2.68 bits per heavy atom. The first-order chi connectivity index (χ1) is 11.6. The molecule has 0 aromatic rings. The fourth-order valence-corrected chi connectivity index (χ4v) is 3.95. The van der Waals surface area contributed by atoms with Crippen molar-refractivity contribution < 1.29 is 9.53 Å². The molecule has 2 aliphatic rings. The molecule has 1 unspecified atom stereocenters. The molecule has 0 spiro atoms. The third kappa shape index (κ3) is 6.58. The van der Waals surface area contributed by atoms with Gasteiger partial charge in [0.15, 0.2) is 5.96 Å². The van der Waals surface area contributed by atoms with Gasteiger partial charge in [0.1, 0.15) is 0 Å². The van der Waals surface area contributed by atoms with Crippen LogP contribution in [0.4, 0.5) is 0 Å². The maximum atomic E-state index is 11.8. The van der Waals surface area contributed by atoms with E-state index in [1.54, 1.807) is 7.11 Å². The number of guanidine groups is 1. The lowest BCUT2D eigenvalue weighted by Gasteiger charge is -2.30. The number of hydrogen-bond acceptors (Lipinski definition) is 3. The first-order valence-electron chi connectivity index (χ1n) is 9.36. The number of carbonyl (C=O) groups excluding carboxylic acids is 1. The number of nitrogens with zero attached hydrogens (tertiary/aromatic N) is 2. The highest BCUT2D eigenvalue weighted by atomic mass is 127. The summed E-state index contributed by atoms with van der Waals surface area (Å²) in [6, 6.07) is 0.296. The molecule has 2 rings (SSSR count). The van der Waals surface area contributed by atoms with Gasteiger partial charge in [0, 0.05) is 52.9 Å². The Morgan fingerprint density at radius 1 is 1.36 bits per heavy atom. The third-order valence-corrected chi connectivity index (χ3v) is 5.54. The van der Waals surface area contributed by atoms with Gasteiger partial charge in [-0.2, -0.15) is 0 Å². The molecular formula is C18H35IN4O2. The third-order valence-electron chi connectivity index (χ3n) is 5.54. The Balaban J connectivity index is 0.00000312. The largest absolute Gasteiger partial charge is 0.385 e. The molecule has 7 heteroatoms. The highest BCUT2D eigenvalue weighted by Gasteiger charge is 2.34. The molecule has 1 aliphatic carbocycles. The molecule has 0 radical (unpaired) electrons. The maximum Gasteiger partial charge on any atom is 0.222 e. The second-order valence-electron chi connectivity index (χ2n) is 7.20. The van der Waals surface area contributed by atoms with Crippen molar-refractivity contribution in [2.45, 2.75) is 57.9 Å². The van der Waals surface area contributed by atoms with Crippen molar-refractivity contribution >= 4 is 35.8 Å². The van der Waals surface area contributed by atoms with Crippen molar-refractivity contribution in [3.8, 4) is 0 Å². The summed E-state index contributed by atoms with van der Waals surface area (Å²) in [5.41, 5.74) is 0.341. The lowest BCUT2D eigenvalue weighted by Crippen LogP contribution is -2.48. The van der Waals surface area contributed by atoms with E-state index in [0.717, 1.165) is 45.0 Å². The van der Waals surface area contributed by atoms with E-state index in [9.17, 15) is 4.79 Å². The minimum absolute atomic E-state index is 0. The summed E-state index contributed by atoms with van der Waals surface area (Å²) in [6.07, 6.45) is 7.84. The van der Waals surface area contributed by atoms with Crippen molar-refractivity contribution in [3.63, 3.8) is 0 Å². The minimum atomic E-state index is 0. The summed E-state index contributed by atoms with van der Waals surface area (Å²) in [4.78, 5) is 18.1. The quantitative estimate of drug-likeness (QED) is 0.344. The number of carbonyl (C=O) groups is 1. The van der Waals surface area contributed by atoms with Crippen LogP contribution in [0.5, 0.6) is 0 Å². The molecule has 1 atom stereocenters. The predicted octanol–water partition coefficient (Wildman–Crippen LogP) is 2.38. The number of ether oxygens (including phenoxy) is 1. The van der Waals surface area contributed by atoms with Crippen molar-refractivity contribution in [3.05, 3.63) is 0 Å². The van der Waals surface area contributed by atoms with Gasteiger partial charge in [-0.1, -0.05) is 19.8 Å². The van der Waals surface area contributed by atoms with Crippen molar-refractivity contribution in [2.75, 3.05) is 40.4 Å². The molecule has 0 bridgehead atoms. The molecule has 0 aromatic carbocycles. The first-order valence-corrected chi connectivity index (χ1v) is 9.36. The van der Waals surface area contributed by atoms with E-state index in [0.29, 0.717) is 17.9 Å². The highest BCUT2D eigenvalue weighted by Crippen LogP contribution is 2.40. The Hall–Kier alpha value is -0.570. The summed E-state index contributed by atoms with van der Waals surface area (Å²) in [5, 5.41) is 7.01. The molecule has 1 amide bonds. The van der Waals surface area contributed by atoms with E-state index in [4.69, 9.17) is 4.74 Å². The number of likely N-dealkylation sites (tertiary alicyclic amines) is 1. The fourth-order valence-electron chi connectivity index (χ4n) is 3.95. The summed E-state index contributed by atoms with van der Waals surface area (Å²) < 4.78 is 5.30. The second-order valence-corrected chi connectivity index (χ2v) is 7.20. The number of methoxy groups -OCH3 is 1. The smallest absolute Gasteiger partial charge is 0.222 e. The standard InChI is InChI=1S/C18H34N4O2.HI/c1-4-16(23)22-11-7-15(13-22)21-17(19-2)20-14-18(10-12-24-3)8-5-6-9-18;/h15H,4-14H2,1-3H3,(H2,19,20,21);1H. The Kier molecular flexibility index (Phi) is 10.1. The summed E-state index contributed by atoms with van der Waals surface area (Å²) in [6.45, 7) is 5.32. The predicted molar refractivity (Wildman–Crippen MR) is 113 cm³/mol. The van der Waals surface area contributed by atoms with Crippen LogP contribution in [0.1, 0.15) is 51.9 Å². The lowest BCUT2D eigenvalue weighted by atomic mass is 9.83. The van der Waals surface area contributed by atoms with E-state index in [1.807, 2.05) is 18.9 Å². The zero-order chi connectivity index (χ0) is 17.4. The van der Waals surface area contributed by atoms with Gasteiger partial charge in [-0.25, -0.2) is 0 Å². The minimum Gasteiger partial charge on any atom is -0.385 e. The molecule has 6 nitrogen and oxygen atoms in total. The average Bonchev–Trinajstić information content (AvgIpc) is 3.26. The second kappa shape index (κ2) is 11.2. The SMILES string of the molecule is CCC(=O)N1CCC(NC(=NC)NCC2(CCOC)CCCC2)C1.I. The van der Waals surface area contributed by atoms with Crippen molar-refractivity contribution in [2.24, 2.45) is 10.4 Å². The van der Waals surface area contributed by atoms with Gasteiger partial charge in [-0.3, -0.25) is 9.79 Å². The molecule has 25 heavy (non-hydrogen) atoms. The number of nitrogens with one attached hydrogen (secondary N) is 2. The molecule has 0 aromatic heterocycles. The van der Waals surface area contributed by atoms with Gasteiger partial charge < -0.3 is 20.3 Å². The van der Waals surface area contributed by atoms with E-state index in [-0.39, 0.29) is 29.9 Å². The van der Waals surface area contributed by atoms with E-state index < -0.39 is 0 Å². The van der Waals surface area contributed by atoms with E-state index >= 15 is 0 Å². The first kappa shape index (κ1) is 22.5. The number of aliphatic imine (C=N–C) groups is 1. The molecule has 2 fully saturated rings. The molecule has 1 aliphatic heterocycles. The summed E-state index contributed by atoms with van der Waals surface area (Å²) in [7, 11) is 3.59. The van der Waals surface area contributed by atoms with Crippen molar-refractivity contribution in [1.29, 1.82) is 0 Å². The summed E-state index contributed by atoms with van der Waals surface area (Å²) >= 11 is 0. The van der Waals surface area contributed by atoms with Crippen LogP contribution in [0.25, 0.3) is 0 Å². The van der Waals surface area contributed by atoms with Crippen molar-refractivity contribution in [1.82, 2.24) is 15.5 Å². The van der Waals surface area contributed by atoms with Crippen LogP contribution < -0.4 is 10.6 Å². The number of halogens is 1. The Morgan fingerprint density at radius 2 is 2.08 bits per heavy atom. The van der Waals surface area contributed by atoms with Crippen LogP contribution in [-0.4, -0.2) is 63.2 Å². The van der Waals surface area contributed by atoms with Crippen LogP contribution in [0.2, 0.25) is 0 Å². The van der Waals surface area contributed by atoms with Crippen LogP contribution in [-0.2, 0) is 9.53 Å². The molecule has 2 N–H and O–H groups in total. The van der Waals surface area contributed by atoms with E-state index in [2.05, 4.69) is 15.6 Å². The van der Waals surface area contributed by atoms with Gasteiger partial charge >= 0.3 is 0 Å². The fraction of sp³-hybridized carbons (Fsp3) is 0.889. The van der Waals surface area contributed by atoms with Gasteiger partial charge in [0.05, 0.1) is 0 Å². The topological polar surface area (TPSA) is 66.0 Å². The molecule has 1 saturated heterocycles. The van der Waals surface area contributed by atoms with Crippen LogP contribution in [0.15, 0.2) is 4.99 Å². The Bertz CT molecular complexity index is 439. The van der Waals surface area contributed by atoms with Crippen LogP contribution in [0, 0.1) is 5.41 Å². The molecule has 1 saturated carbocycles. The van der Waals surface area contributed by atoms with Crippen LogP contribution >= 0.6 is 24.0 Å². The average molecular weight is 466 g/mol. The highest BCUT2D eigenvalue weighted by molar-refractivity contribution is 14.0.